The molecule has 1 saturated heterocycles. The highest BCUT2D eigenvalue weighted by Crippen LogP contribution is 2.30. The zero-order valence-electron chi connectivity index (χ0n) is 13.4. The molecule has 1 saturated carbocycles. The van der Waals surface area contributed by atoms with E-state index in [1.807, 2.05) is 19.1 Å². The van der Waals surface area contributed by atoms with E-state index in [2.05, 4.69) is 9.88 Å². The summed E-state index contributed by atoms with van der Waals surface area (Å²) in [4.78, 5) is 6.88. The summed E-state index contributed by atoms with van der Waals surface area (Å²) in [5.41, 5.74) is 7.96. The van der Waals surface area contributed by atoms with Crippen LogP contribution in [0.2, 0.25) is 0 Å². The van der Waals surface area contributed by atoms with Crippen LogP contribution in [-0.4, -0.2) is 46.8 Å². The number of aromatic nitrogens is 1. The number of β-amino-alcohol motifs (C(OH)–C–C–N with tert-alkyl or cyclic N) is 1. The van der Waals surface area contributed by atoms with Gasteiger partial charge in [0.05, 0.1) is 17.9 Å². The third-order valence-corrected chi connectivity index (χ3v) is 4.78. The number of rotatable bonds is 3. The highest BCUT2D eigenvalue weighted by atomic mass is 16.5. The summed E-state index contributed by atoms with van der Waals surface area (Å²) in [6, 6.07) is 3.77. The fraction of sp³-hybridized carbons (Fsp3) is 0.706. The predicted octanol–water partition coefficient (Wildman–Crippen LogP) is 2.04. The summed E-state index contributed by atoms with van der Waals surface area (Å²) in [7, 11) is 0. The maximum Gasteiger partial charge on any atom is 0.112 e. The van der Waals surface area contributed by atoms with Crippen LogP contribution in [-0.2, 0) is 4.74 Å². The second-order valence-corrected chi connectivity index (χ2v) is 6.85. The van der Waals surface area contributed by atoms with Gasteiger partial charge < -0.3 is 15.6 Å². The number of aryl methyl sites for hydroxylation is 1. The number of hydrogen-bond acceptors (Lipinski definition) is 5. The van der Waals surface area contributed by atoms with Gasteiger partial charge in [0.1, 0.15) is 6.10 Å². The predicted molar refractivity (Wildman–Crippen MR) is 86.6 cm³/mol. The minimum absolute atomic E-state index is 0.0526. The lowest BCUT2D eigenvalue weighted by atomic mass is 9.84. The highest BCUT2D eigenvalue weighted by molar-refractivity contribution is 5.40. The van der Waals surface area contributed by atoms with Crippen LogP contribution in [0.15, 0.2) is 12.1 Å². The van der Waals surface area contributed by atoms with Crippen LogP contribution in [0.5, 0.6) is 0 Å². The van der Waals surface area contributed by atoms with Gasteiger partial charge in [0.25, 0.3) is 0 Å². The van der Waals surface area contributed by atoms with Gasteiger partial charge in [-0.1, -0.05) is 19.3 Å². The van der Waals surface area contributed by atoms with Crippen molar-refractivity contribution < 1.29 is 9.84 Å². The summed E-state index contributed by atoms with van der Waals surface area (Å²) in [5, 5.41) is 10.8. The number of hydrogen-bond donors (Lipinski definition) is 2. The Hall–Kier alpha value is -1.17. The van der Waals surface area contributed by atoms with Crippen molar-refractivity contribution >= 4 is 5.69 Å². The van der Waals surface area contributed by atoms with Gasteiger partial charge >= 0.3 is 0 Å². The van der Waals surface area contributed by atoms with Gasteiger partial charge in [0.15, 0.2) is 0 Å². The number of morpholine rings is 1. The van der Waals surface area contributed by atoms with Gasteiger partial charge in [-0.15, -0.1) is 0 Å². The van der Waals surface area contributed by atoms with Gasteiger partial charge in [0.2, 0.25) is 0 Å². The molecule has 1 aliphatic carbocycles. The Kier molecular flexibility index (Phi) is 4.66. The van der Waals surface area contributed by atoms with Crippen molar-refractivity contribution in [1.82, 2.24) is 9.88 Å². The largest absolute Gasteiger partial charge is 0.399 e. The van der Waals surface area contributed by atoms with Crippen molar-refractivity contribution in [2.45, 2.75) is 50.7 Å². The summed E-state index contributed by atoms with van der Waals surface area (Å²) >= 11 is 0. The lowest BCUT2D eigenvalue weighted by Crippen LogP contribution is -2.49. The first-order chi connectivity index (χ1) is 10.5. The molecular formula is C17H27N3O2. The maximum atomic E-state index is 10.8. The third kappa shape index (κ3) is 3.77. The van der Waals surface area contributed by atoms with Crippen LogP contribution < -0.4 is 5.73 Å². The average Bonchev–Trinajstić information content (AvgIpc) is 2.47. The molecule has 0 unspecified atom stereocenters. The molecule has 1 aromatic rings. The van der Waals surface area contributed by atoms with Crippen molar-refractivity contribution in [3.8, 4) is 0 Å². The Morgan fingerprint density at radius 1 is 1.36 bits per heavy atom. The maximum absolute atomic E-state index is 10.8. The zero-order valence-corrected chi connectivity index (χ0v) is 13.4. The molecule has 0 radical (unpaired) electrons. The van der Waals surface area contributed by atoms with Crippen molar-refractivity contribution in [2.24, 2.45) is 0 Å². The van der Waals surface area contributed by atoms with Crippen LogP contribution in [0.3, 0.4) is 0 Å². The van der Waals surface area contributed by atoms with Gasteiger partial charge in [0, 0.05) is 31.0 Å². The van der Waals surface area contributed by atoms with Crippen molar-refractivity contribution in [2.75, 3.05) is 32.0 Å². The lowest BCUT2D eigenvalue weighted by molar-refractivity contribution is -0.0776. The van der Waals surface area contributed by atoms with Gasteiger partial charge in [-0.2, -0.15) is 0 Å². The lowest BCUT2D eigenvalue weighted by Gasteiger charge is -2.40. The zero-order chi connectivity index (χ0) is 15.6. The highest BCUT2D eigenvalue weighted by Gasteiger charge is 2.33. The molecule has 1 aliphatic heterocycles. The SMILES string of the molecule is Cc1cc(N)cc([C@@H]2CN(CC3(O)CCCCC3)CCO2)n1. The van der Waals surface area contributed by atoms with E-state index in [4.69, 9.17) is 10.5 Å². The van der Waals surface area contributed by atoms with E-state index in [0.717, 1.165) is 62.4 Å². The van der Waals surface area contributed by atoms with E-state index in [-0.39, 0.29) is 6.10 Å². The molecule has 22 heavy (non-hydrogen) atoms. The molecular weight excluding hydrogens is 278 g/mol. The van der Waals surface area contributed by atoms with Crippen LogP contribution in [0.25, 0.3) is 0 Å². The fourth-order valence-corrected chi connectivity index (χ4v) is 3.70. The molecule has 3 rings (SSSR count). The standard InChI is InChI=1S/C17H27N3O2/c1-13-9-14(18)10-15(19-13)16-11-20(7-8-22-16)12-17(21)5-3-2-4-6-17/h9-10,16,21H,2-8,11-12H2,1H3,(H2,18,19)/t16-/m0/s1. The normalized spacial score (nSPS) is 26.0. The number of nitrogens with zero attached hydrogens (tertiary/aromatic N) is 2. The first-order valence-corrected chi connectivity index (χ1v) is 8.34. The number of aliphatic hydroxyl groups is 1. The first kappa shape index (κ1) is 15.7. The molecule has 0 aromatic carbocycles. The smallest absolute Gasteiger partial charge is 0.112 e. The van der Waals surface area contributed by atoms with Crippen molar-refractivity contribution in [1.29, 1.82) is 0 Å². The monoisotopic (exact) mass is 305 g/mol. The molecule has 2 fully saturated rings. The average molecular weight is 305 g/mol. The molecule has 5 nitrogen and oxygen atoms in total. The Morgan fingerprint density at radius 3 is 2.86 bits per heavy atom. The Balaban J connectivity index is 1.66. The number of nitrogen functional groups attached to an aromatic ring is 1. The molecule has 0 spiro atoms. The quantitative estimate of drug-likeness (QED) is 0.894. The van der Waals surface area contributed by atoms with E-state index in [1.54, 1.807) is 0 Å². The van der Waals surface area contributed by atoms with E-state index < -0.39 is 5.60 Å². The third-order valence-electron chi connectivity index (χ3n) is 4.78. The summed E-state index contributed by atoms with van der Waals surface area (Å²) < 4.78 is 5.88. The minimum atomic E-state index is -0.515. The van der Waals surface area contributed by atoms with E-state index >= 15 is 0 Å². The molecule has 2 heterocycles. The van der Waals surface area contributed by atoms with Gasteiger partial charge in [-0.25, -0.2) is 0 Å². The molecule has 1 atom stereocenters. The van der Waals surface area contributed by atoms with E-state index in [0.29, 0.717) is 6.61 Å². The van der Waals surface area contributed by atoms with Crippen LogP contribution >= 0.6 is 0 Å². The van der Waals surface area contributed by atoms with Crippen molar-refractivity contribution in [3.63, 3.8) is 0 Å². The minimum Gasteiger partial charge on any atom is -0.399 e. The molecule has 0 amide bonds. The Morgan fingerprint density at radius 2 is 2.14 bits per heavy atom. The summed E-state index contributed by atoms with van der Waals surface area (Å²) in [6.07, 6.45) is 5.32. The number of anilines is 1. The number of pyridine rings is 1. The van der Waals surface area contributed by atoms with Crippen molar-refractivity contribution in [3.05, 3.63) is 23.5 Å². The van der Waals surface area contributed by atoms with Crippen LogP contribution in [0.4, 0.5) is 5.69 Å². The molecule has 122 valence electrons. The number of nitrogens with two attached hydrogens (primary N) is 1. The molecule has 0 bridgehead atoms. The molecule has 5 heteroatoms. The second kappa shape index (κ2) is 6.52. The van der Waals surface area contributed by atoms with E-state index in [1.165, 1.54) is 6.42 Å². The van der Waals surface area contributed by atoms with Gasteiger partial charge in [-0.05, 0) is 31.9 Å². The summed E-state index contributed by atoms with van der Waals surface area (Å²) in [6.45, 7) is 5.02. The molecule has 3 N–H and O–H groups in total. The number of ether oxygens (including phenoxy) is 1. The Labute approximate surface area is 132 Å². The fourth-order valence-electron chi connectivity index (χ4n) is 3.70. The van der Waals surface area contributed by atoms with Crippen LogP contribution in [0.1, 0.15) is 49.6 Å². The second-order valence-electron chi connectivity index (χ2n) is 6.85. The van der Waals surface area contributed by atoms with Gasteiger partial charge in [-0.3, -0.25) is 9.88 Å². The van der Waals surface area contributed by atoms with Crippen LogP contribution in [0, 0.1) is 6.92 Å². The van der Waals surface area contributed by atoms with E-state index in [9.17, 15) is 5.11 Å². The molecule has 2 aliphatic rings. The Bertz CT molecular complexity index is 494. The summed E-state index contributed by atoms with van der Waals surface area (Å²) in [5.74, 6) is 0. The topological polar surface area (TPSA) is 71.6 Å². The first-order valence-electron chi connectivity index (χ1n) is 8.34. The molecule has 1 aromatic heterocycles.